The molecule has 78 valence electrons. The van der Waals surface area contributed by atoms with Crippen molar-refractivity contribution < 1.29 is 9.53 Å². The highest BCUT2D eigenvalue weighted by atomic mass is 35.5. The summed E-state index contributed by atoms with van der Waals surface area (Å²) in [7, 11) is 0. The summed E-state index contributed by atoms with van der Waals surface area (Å²) < 4.78 is 5.03. The lowest BCUT2D eigenvalue weighted by Gasteiger charge is -2.10. The van der Waals surface area contributed by atoms with Crippen molar-refractivity contribution in [3.05, 3.63) is 33.8 Å². The van der Waals surface area contributed by atoms with E-state index in [0.29, 0.717) is 22.6 Å². The van der Waals surface area contributed by atoms with Crippen molar-refractivity contribution in [1.82, 2.24) is 0 Å². The van der Waals surface area contributed by atoms with Gasteiger partial charge in [0.2, 0.25) is 0 Å². The molecule has 0 amide bonds. The molecule has 0 aromatic heterocycles. The fraction of sp³-hybridized carbons (Fsp3) is 0.364. The molecule has 4 heteroatoms. The van der Waals surface area contributed by atoms with E-state index in [9.17, 15) is 4.79 Å². The van der Waals surface area contributed by atoms with E-state index >= 15 is 0 Å². The molecule has 1 aromatic rings. The SMILES string of the molecule is O=C1OC[C@H]2C[C@@]12c1ccc(Cl)c(Cl)c1. The van der Waals surface area contributed by atoms with E-state index in [1.807, 2.05) is 6.07 Å². The average Bonchev–Trinajstić information content (AvgIpc) is 2.87. The monoisotopic (exact) mass is 242 g/mol. The number of carbonyl (C=O) groups excluding carboxylic acids is 1. The number of ether oxygens (including phenoxy) is 1. The van der Waals surface area contributed by atoms with Crippen LogP contribution in [0.5, 0.6) is 0 Å². The molecule has 1 aliphatic heterocycles. The molecule has 15 heavy (non-hydrogen) atoms. The van der Waals surface area contributed by atoms with Gasteiger partial charge >= 0.3 is 5.97 Å². The predicted molar refractivity (Wildman–Crippen MR) is 57.2 cm³/mol. The minimum Gasteiger partial charge on any atom is -0.465 e. The van der Waals surface area contributed by atoms with Gasteiger partial charge < -0.3 is 4.74 Å². The standard InChI is InChI=1S/C11H8Cl2O2/c12-8-2-1-6(3-9(8)13)11-4-7(11)5-15-10(11)14/h1-3,7H,4-5H2/t7-,11+/m1/s1. The molecule has 0 N–H and O–H groups in total. The molecule has 0 spiro atoms. The lowest BCUT2D eigenvalue weighted by Crippen LogP contribution is -2.18. The summed E-state index contributed by atoms with van der Waals surface area (Å²) in [5.74, 6) is 0.216. The largest absolute Gasteiger partial charge is 0.465 e. The van der Waals surface area contributed by atoms with Gasteiger partial charge in [0.05, 0.1) is 22.1 Å². The summed E-state index contributed by atoms with van der Waals surface area (Å²) in [6.45, 7) is 0.541. The highest BCUT2D eigenvalue weighted by Gasteiger charge is 2.66. The molecule has 0 bridgehead atoms. The first-order valence-corrected chi connectivity index (χ1v) is 5.53. The molecular weight excluding hydrogens is 235 g/mol. The number of hydrogen-bond donors (Lipinski definition) is 0. The smallest absolute Gasteiger partial charge is 0.317 e. The van der Waals surface area contributed by atoms with Gasteiger partial charge in [-0.05, 0) is 24.1 Å². The lowest BCUT2D eigenvalue weighted by molar-refractivity contribution is -0.142. The van der Waals surface area contributed by atoms with E-state index in [-0.39, 0.29) is 5.97 Å². The molecule has 3 rings (SSSR count). The molecule has 1 aliphatic carbocycles. The van der Waals surface area contributed by atoms with Crippen LogP contribution in [0.2, 0.25) is 10.0 Å². The third-order valence-corrected chi connectivity index (χ3v) is 4.06. The van der Waals surface area contributed by atoms with Crippen LogP contribution in [0, 0.1) is 5.92 Å². The second-order valence-corrected chi connectivity index (χ2v) is 4.91. The van der Waals surface area contributed by atoms with Gasteiger partial charge in [0.15, 0.2) is 0 Å². The Morgan fingerprint density at radius 2 is 2.13 bits per heavy atom. The van der Waals surface area contributed by atoms with Crippen LogP contribution in [-0.4, -0.2) is 12.6 Å². The Labute approximate surface area is 97.1 Å². The maximum Gasteiger partial charge on any atom is 0.317 e. The molecule has 0 unspecified atom stereocenters. The first-order valence-electron chi connectivity index (χ1n) is 4.77. The number of halogens is 2. The van der Waals surface area contributed by atoms with Gasteiger partial charge in [0.1, 0.15) is 0 Å². The van der Waals surface area contributed by atoms with Gasteiger partial charge in [-0.25, -0.2) is 0 Å². The van der Waals surface area contributed by atoms with Gasteiger partial charge in [-0.3, -0.25) is 4.79 Å². The zero-order chi connectivity index (χ0) is 10.6. The van der Waals surface area contributed by atoms with Gasteiger partial charge in [-0.1, -0.05) is 29.3 Å². The summed E-state index contributed by atoms with van der Waals surface area (Å²) in [5, 5.41) is 1.01. The van der Waals surface area contributed by atoms with Gasteiger partial charge in [-0.15, -0.1) is 0 Å². The van der Waals surface area contributed by atoms with E-state index in [0.717, 1.165) is 12.0 Å². The Balaban J connectivity index is 2.07. The molecule has 1 heterocycles. The summed E-state index contributed by atoms with van der Waals surface area (Å²) in [5.41, 5.74) is 0.526. The van der Waals surface area contributed by atoms with Crippen molar-refractivity contribution in [3.63, 3.8) is 0 Å². The molecule has 2 nitrogen and oxygen atoms in total. The molecule has 1 aromatic carbocycles. The Morgan fingerprint density at radius 3 is 2.67 bits per heavy atom. The number of esters is 1. The van der Waals surface area contributed by atoms with Crippen LogP contribution in [-0.2, 0) is 14.9 Å². The molecule has 2 atom stereocenters. The van der Waals surface area contributed by atoms with E-state index in [1.165, 1.54) is 0 Å². The van der Waals surface area contributed by atoms with Crippen LogP contribution in [0.3, 0.4) is 0 Å². The zero-order valence-corrected chi connectivity index (χ0v) is 9.31. The topological polar surface area (TPSA) is 26.3 Å². The fourth-order valence-corrected chi connectivity index (χ4v) is 2.63. The predicted octanol–water partition coefficient (Wildman–Crippen LogP) is 2.81. The highest BCUT2D eigenvalue weighted by molar-refractivity contribution is 6.42. The minimum atomic E-state index is -0.409. The second-order valence-electron chi connectivity index (χ2n) is 4.10. The normalized spacial score (nSPS) is 32.4. The quantitative estimate of drug-likeness (QED) is 0.709. The molecular formula is C11H8Cl2O2. The highest BCUT2D eigenvalue weighted by Crippen LogP contribution is 2.59. The molecule has 1 saturated carbocycles. The maximum atomic E-state index is 11.6. The molecule has 1 saturated heterocycles. The van der Waals surface area contributed by atoms with E-state index in [2.05, 4.69) is 0 Å². The van der Waals surface area contributed by atoms with Crippen molar-refractivity contribution in [1.29, 1.82) is 0 Å². The van der Waals surface area contributed by atoms with Gasteiger partial charge in [0.25, 0.3) is 0 Å². The van der Waals surface area contributed by atoms with Crippen molar-refractivity contribution in [2.75, 3.05) is 6.61 Å². The lowest BCUT2D eigenvalue weighted by atomic mass is 9.95. The van der Waals surface area contributed by atoms with Crippen LogP contribution in [0.25, 0.3) is 0 Å². The number of hydrogen-bond acceptors (Lipinski definition) is 2. The van der Waals surface area contributed by atoms with Gasteiger partial charge in [-0.2, -0.15) is 0 Å². The molecule has 0 radical (unpaired) electrons. The van der Waals surface area contributed by atoms with Crippen molar-refractivity contribution in [3.8, 4) is 0 Å². The molecule has 2 aliphatic rings. The van der Waals surface area contributed by atoms with Crippen molar-refractivity contribution >= 4 is 29.2 Å². The Bertz CT molecular complexity index is 458. The number of cyclic esters (lactones) is 1. The number of carbonyl (C=O) groups is 1. The van der Waals surface area contributed by atoms with Crippen LogP contribution in [0.15, 0.2) is 18.2 Å². The number of rotatable bonds is 1. The number of benzene rings is 1. The molecule has 2 fully saturated rings. The summed E-state index contributed by atoms with van der Waals surface area (Å²) in [6.07, 6.45) is 0.879. The Hall–Kier alpha value is -0.730. The number of fused-ring (bicyclic) bond motifs is 1. The summed E-state index contributed by atoms with van der Waals surface area (Å²) in [6, 6.07) is 5.37. The van der Waals surface area contributed by atoms with E-state index in [1.54, 1.807) is 12.1 Å². The van der Waals surface area contributed by atoms with Crippen molar-refractivity contribution in [2.45, 2.75) is 11.8 Å². The third kappa shape index (κ3) is 1.15. The van der Waals surface area contributed by atoms with Crippen LogP contribution < -0.4 is 0 Å². The Kier molecular flexibility index (Phi) is 1.83. The van der Waals surface area contributed by atoms with Crippen molar-refractivity contribution in [2.24, 2.45) is 5.92 Å². The first kappa shape index (κ1) is 9.49. The maximum absolute atomic E-state index is 11.6. The third-order valence-electron chi connectivity index (χ3n) is 3.32. The van der Waals surface area contributed by atoms with Crippen LogP contribution >= 0.6 is 23.2 Å². The fourth-order valence-electron chi connectivity index (χ4n) is 2.33. The zero-order valence-electron chi connectivity index (χ0n) is 7.80. The Morgan fingerprint density at radius 1 is 1.33 bits per heavy atom. The van der Waals surface area contributed by atoms with Gasteiger partial charge in [0, 0.05) is 5.92 Å². The van der Waals surface area contributed by atoms with Crippen LogP contribution in [0.1, 0.15) is 12.0 Å². The first-order chi connectivity index (χ1) is 7.14. The van der Waals surface area contributed by atoms with E-state index < -0.39 is 5.41 Å². The van der Waals surface area contributed by atoms with Crippen LogP contribution in [0.4, 0.5) is 0 Å². The summed E-state index contributed by atoms with van der Waals surface area (Å²) in [4.78, 5) is 11.6. The summed E-state index contributed by atoms with van der Waals surface area (Å²) >= 11 is 11.8. The minimum absolute atomic E-state index is 0.120. The van der Waals surface area contributed by atoms with E-state index in [4.69, 9.17) is 27.9 Å². The second kappa shape index (κ2) is 2.89. The average molecular weight is 243 g/mol.